The first-order valence-corrected chi connectivity index (χ1v) is 14.3. The molecule has 3 aromatic rings. The van der Waals surface area contributed by atoms with Gasteiger partial charge in [-0.25, -0.2) is 9.78 Å². The molecule has 1 saturated heterocycles. The Morgan fingerprint density at radius 2 is 2.05 bits per heavy atom. The van der Waals surface area contributed by atoms with E-state index >= 15 is 0 Å². The van der Waals surface area contributed by atoms with Crippen molar-refractivity contribution in [3.63, 3.8) is 0 Å². The van der Waals surface area contributed by atoms with Crippen LogP contribution in [0.2, 0.25) is 0 Å². The molecule has 2 amide bonds. The highest BCUT2D eigenvalue weighted by Crippen LogP contribution is 2.24. The summed E-state index contributed by atoms with van der Waals surface area (Å²) in [7, 11) is 1.69. The number of anilines is 3. The molecular weight excluding hydrogens is 539 g/mol. The maximum absolute atomic E-state index is 13.9. The molecule has 0 saturated carbocycles. The highest BCUT2D eigenvalue weighted by molar-refractivity contribution is 5.86. The average Bonchev–Trinajstić information content (AvgIpc) is 3.54. The van der Waals surface area contributed by atoms with Crippen molar-refractivity contribution in [3.8, 4) is 11.8 Å². The number of amides is 2. The molecule has 42 heavy (non-hydrogen) atoms. The smallest absolute Gasteiger partial charge is 0.410 e. The normalized spacial score (nSPS) is 14.8. The quantitative estimate of drug-likeness (QED) is 0.246. The van der Waals surface area contributed by atoms with E-state index in [-0.39, 0.29) is 5.91 Å². The van der Waals surface area contributed by atoms with Gasteiger partial charge in [-0.3, -0.25) is 14.4 Å². The van der Waals surface area contributed by atoms with Crippen LogP contribution in [0.25, 0.3) is 10.9 Å². The first-order valence-electron chi connectivity index (χ1n) is 14.3. The summed E-state index contributed by atoms with van der Waals surface area (Å²) in [5.74, 6) is 6.60. The van der Waals surface area contributed by atoms with E-state index in [0.29, 0.717) is 66.3 Å². The number of ether oxygens (including phenoxy) is 1. The first-order chi connectivity index (χ1) is 20.1. The lowest BCUT2D eigenvalue weighted by molar-refractivity contribution is -0.125. The number of hydrogen-bond donors (Lipinski definition) is 3. The van der Waals surface area contributed by atoms with Crippen molar-refractivity contribution in [1.82, 2.24) is 30.0 Å². The molecule has 3 N–H and O–H groups in total. The molecular formula is C30H39FN8O3. The lowest BCUT2D eigenvalue weighted by Gasteiger charge is -2.28. The summed E-state index contributed by atoms with van der Waals surface area (Å²) in [6, 6.07) is 4.71. The number of nitrogens with one attached hydrogen (secondary N) is 3. The maximum atomic E-state index is 13.9. The van der Waals surface area contributed by atoms with Crippen LogP contribution in [-0.4, -0.2) is 67.9 Å². The van der Waals surface area contributed by atoms with E-state index in [4.69, 9.17) is 4.74 Å². The maximum Gasteiger partial charge on any atom is 0.410 e. The number of benzene rings is 1. The van der Waals surface area contributed by atoms with Gasteiger partial charge in [0.25, 0.3) is 0 Å². The van der Waals surface area contributed by atoms with Crippen molar-refractivity contribution in [3.05, 3.63) is 35.9 Å². The monoisotopic (exact) mass is 578 g/mol. The van der Waals surface area contributed by atoms with Crippen LogP contribution < -0.4 is 16.0 Å². The number of hydrogen-bond acceptors (Lipinski definition) is 8. The molecule has 0 bridgehead atoms. The largest absolute Gasteiger partial charge is 0.444 e. The fraction of sp³-hybridized carbons (Fsp3) is 0.500. The second kappa shape index (κ2) is 13.5. The minimum atomic E-state index is -0.607. The molecule has 1 aliphatic heterocycles. The number of carbonyl (C=O) groups is 2. The van der Waals surface area contributed by atoms with E-state index in [1.54, 1.807) is 31.4 Å². The summed E-state index contributed by atoms with van der Waals surface area (Å²) in [5, 5.41) is 13.7. The highest BCUT2D eigenvalue weighted by Gasteiger charge is 2.36. The predicted molar refractivity (Wildman–Crippen MR) is 160 cm³/mol. The average molecular weight is 579 g/mol. The van der Waals surface area contributed by atoms with Crippen LogP contribution in [0.1, 0.15) is 65.4 Å². The number of halogens is 1. The lowest BCUT2D eigenvalue weighted by Crippen LogP contribution is -2.47. The summed E-state index contributed by atoms with van der Waals surface area (Å²) in [4.78, 5) is 35.7. The van der Waals surface area contributed by atoms with Gasteiger partial charge in [0, 0.05) is 38.8 Å². The third-order valence-electron chi connectivity index (χ3n) is 6.58. The van der Waals surface area contributed by atoms with Crippen LogP contribution in [-0.2, 0) is 16.6 Å². The third-order valence-corrected chi connectivity index (χ3v) is 6.58. The molecule has 0 spiro atoms. The second-order valence-electron chi connectivity index (χ2n) is 11.2. The van der Waals surface area contributed by atoms with Crippen LogP contribution in [0, 0.1) is 17.8 Å². The topological polar surface area (TPSA) is 126 Å². The molecule has 4 rings (SSSR count). The van der Waals surface area contributed by atoms with Crippen molar-refractivity contribution in [1.29, 1.82) is 0 Å². The molecule has 224 valence electrons. The predicted octanol–water partition coefficient (Wildman–Crippen LogP) is 4.72. The number of aromatic nitrogens is 4. The van der Waals surface area contributed by atoms with Crippen molar-refractivity contribution in [2.75, 3.05) is 30.3 Å². The van der Waals surface area contributed by atoms with Gasteiger partial charge in [-0.1, -0.05) is 18.8 Å². The minimum absolute atomic E-state index is 0.165. The molecule has 11 nitrogen and oxygen atoms in total. The molecule has 0 aliphatic carbocycles. The summed E-state index contributed by atoms with van der Waals surface area (Å²) in [6.07, 6.45) is 4.74. The summed E-state index contributed by atoms with van der Waals surface area (Å²) >= 11 is 0. The zero-order chi connectivity index (χ0) is 30.3. The number of aryl methyl sites for hydroxylation is 1. The number of unbranched alkanes of at least 4 members (excludes halogenated alkanes) is 1. The van der Waals surface area contributed by atoms with Crippen LogP contribution in [0.5, 0.6) is 0 Å². The van der Waals surface area contributed by atoms with Crippen LogP contribution in [0.3, 0.4) is 0 Å². The molecule has 0 unspecified atom stereocenters. The van der Waals surface area contributed by atoms with Gasteiger partial charge in [-0.2, -0.15) is 9.37 Å². The second-order valence-corrected chi connectivity index (χ2v) is 11.2. The van der Waals surface area contributed by atoms with Crippen LogP contribution in [0.15, 0.2) is 24.4 Å². The van der Waals surface area contributed by atoms with Gasteiger partial charge in [-0.15, -0.1) is 5.10 Å². The fourth-order valence-electron chi connectivity index (χ4n) is 4.57. The van der Waals surface area contributed by atoms with E-state index in [9.17, 15) is 14.0 Å². The zero-order valence-corrected chi connectivity index (χ0v) is 24.9. The van der Waals surface area contributed by atoms with E-state index in [1.165, 1.54) is 9.58 Å². The van der Waals surface area contributed by atoms with E-state index in [2.05, 4.69) is 49.8 Å². The Morgan fingerprint density at radius 1 is 1.24 bits per heavy atom. The van der Waals surface area contributed by atoms with Gasteiger partial charge in [0.2, 0.25) is 17.8 Å². The number of nitrogens with zero attached hydrogens (tertiary/aromatic N) is 5. The molecule has 1 fully saturated rings. The fourth-order valence-corrected chi connectivity index (χ4v) is 4.57. The molecule has 1 atom stereocenters. The third kappa shape index (κ3) is 7.87. The molecule has 1 aromatic carbocycles. The molecule has 12 heteroatoms. The van der Waals surface area contributed by atoms with Crippen molar-refractivity contribution in [2.45, 2.75) is 71.4 Å². The van der Waals surface area contributed by atoms with Gasteiger partial charge in [0.1, 0.15) is 17.5 Å². The van der Waals surface area contributed by atoms with Crippen LogP contribution in [0.4, 0.5) is 26.6 Å². The van der Waals surface area contributed by atoms with Gasteiger partial charge in [-0.05, 0) is 64.7 Å². The Bertz CT molecular complexity index is 1490. The lowest BCUT2D eigenvalue weighted by atomic mass is 10.2. The van der Waals surface area contributed by atoms with Crippen LogP contribution >= 0.6 is 0 Å². The molecule has 0 radical (unpaired) electrons. The number of likely N-dealkylation sites (tertiary alicyclic amines) is 1. The first kappa shape index (κ1) is 30.6. The summed E-state index contributed by atoms with van der Waals surface area (Å²) in [6.45, 7) is 9.19. The van der Waals surface area contributed by atoms with E-state index < -0.39 is 23.7 Å². The molecule has 3 heterocycles. The van der Waals surface area contributed by atoms with Gasteiger partial charge in [0.15, 0.2) is 0 Å². The molecule has 2 aromatic heterocycles. The SMILES string of the molecule is CCCNc1nc(Nc2ccc3c(F)nn(C)c3c2)ncc1C#CCCCNC(=O)[C@@H]1CCCN1C(=O)OC(C)(C)C. The molecule has 1 aliphatic rings. The Morgan fingerprint density at radius 3 is 2.81 bits per heavy atom. The minimum Gasteiger partial charge on any atom is -0.444 e. The number of carbonyl (C=O) groups excluding carboxylic acids is 2. The summed E-state index contributed by atoms with van der Waals surface area (Å²) < 4.78 is 20.8. The Balaban J connectivity index is 1.32. The van der Waals surface area contributed by atoms with Gasteiger partial charge >= 0.3 is 6.09 Å². The van der Waals surface area contributed by atoms with E-state index in [1.807, 2.05) is 20.8 Å². The number of rotatable bonds is 9. The Labute approximate surface area is 245 Å². The van der Waals surface area contributed by atoms with E-state index in [0.717, 1.165) is 19.4 Å². The number of fused-ring (bicyclic) bond motifs is 1. The van der Waals surface area contributed by atoms with Gasteiger partial charge in [0.05, 0.1) is 22.7 Å². The van der Waals surface area contributed by atoms with Crippen molar-refractivity contribution < 1.29 is 18.7 Å². The van der Waals surface area contributed by atoms with Crippen molar-refractivity contribution in [2.24, 2.45) is 7.05 Å². The Kier molecular flexibility index (Phi) is 9.83. The van der Waals surface area contributed by atoms with Gasteiger partial charge < -0.3 is 20.7 Å². The zero-order valence-electron chi connectivity index (χ0n) is 24.9. The summed E-state index contributed by atoms with van der Waals surface area (Å²) in [5.41, 5.74) is 1.43. The Hall–Kier alpha value is -4.40. The van der Waals surface area contributed by atoms with Crippen molar-refractivity contribution >= 4 is 40.4 Å². The highest BCUT2D eigenvalue weighted by atomic mass is 19.1. The standard InChI is InChI=1S/C30H39FN8O3/c1-6-15-32-26-20(19-34-28(36-26)35-21-13-14-22-24(18-21)38(5)37-25(22)31)11-8-7-9-16-33-27(40)23-12-10-17-39(23)29(41)42-30(2,3)4/h13-14,18-19,23H,6-7,9-10,12,15-17H2,1-5H3,(H,33,40)(H2,32,34,35,36)/t23-/m0/s1.